The molecule has 1 amide bonds. The number of aryl methyl sites for hydroxylation is 1. The molecule has 120 valence electrons. The van der Waals surface area contributed by atoms with Gasteiger partial charge in [0, 0.05) is 29.8 Å². The first-order chi connectivity index (χ1) is 11.7. The largest absolute Gasteiger partial charge is 0.328 e. The van der Waals surface area contributed by atoms with Gasteiger partial charge in [0.15, 0.2) is 0 Å². The Morgan fingerprint density at radius 2 is 2.04 bits per heavy atom. The quantitative estimate of drug-likeness (QED) is 0.795. The number of amides is 1. The molecule has 3 aromatic rings. The van der Waals surface area contributed by atoms with Gasteiger partial charge >= 0.3 is 0 Å². The maximum Gasteiger partial charge on any atom is 0.255 e. The SMILES string of the molecule is O=C(Nc1cccc(-c2cnc3n2CCC3)c1)c1cccc(F)c1. The lowest BCUT2D eigenvalue weighted by Gasteiger charge is -2.09. The maximum absolute atomic E-state index is 13.3. The molecule has 0 fully saturated rings. The zero-order valence-corrected chi connectivity index (χ0v) is 13.0. The molecule has 5 heteroatoms. The number of hydrogen-bond acceptors (Lipinski definition) is 2. The van der Waals surface area contributed by atoms with Crippen molar-refractivity contribution in [1.82, 2.24) is 9.55 Å². The van der Waals surface area contributed by atoms with Gasteiger partial charge in [-0.2, -0.15) is 0 Å². The summed E-state index contributed by atoms with van der Waals surface area (Å²) in [6, 6.07) is 13.3. The third-order valence-corrected chi connectivity index (χ3v) is 4.22. The molecule has 0 aliphatic carbocycles. The number of nitrogens with zero attached hydrogens (tertiary/aromatic N) is 2. The summed E-state index contributed by atoms with van der Waals surface area (Å²) >= 11 is 0. The van der Waals surface area contributed by atoms with E-state index in [0.717, 1.165) is 36.5 Å². The average Bonchev–Trinajstić information content (AvgIpc) is 3.18. The Balaban J connectivity index is 1.60. The van der Waals surface area contributed by atoms with Crippen LogP contribution in [-0.2, 0) is 13.0 Å². The van der Waals surface area contributed by atoms with Crippen molar-refractivity contribution in [3.63, 3.8) is 0 Å². The Labute approximate surface area is 139 Å². The van der Waals surface area contributed by atoms with E-state index in [9.17, 15) is 9.18 Å². The van der Waals surface area contributed by atoms with Gasteiger partial charge < -0.3 is 9.88 Å². The van der Waals surface area contributed by atoms with Crippen molar-refractivity contribution in [3.8, 4) is 11.3 Å². The fourth-order valence-electron chi connectivity index (χ4n) is 3.08. The summed E-state index contributed by atoms with van der Waals surface area (Å²) in [5, 5.41) is 2.82. The van der Waals surface area contributed by atoms with E-state index in [2.05, 4.69) is 14.9 Å². The van der Waals surface area contributed by atoms with Gasteiger partial charge in [-0.25, -0.2) is 9.37 Å². The highest BCUT2D eigenvalue weighted by Gasteiger charge is 2.17. The second kappa shape index (κ2) is 5.92. The van der Waals surface area contributed by atoms with Gasteiger partial charge in [-0.3, -0.25) is 4.79 Å². The molecule has 4 rings (SSSR count). The third-order valence-electron chi connectivity index (χ3n) is 4.22. The normalized spacial score (nSPS) is 12.9. The molecular formula is C19H16FN3O. The van der Waals surface area contributed by atoms with Crippen LogP contribution >= 0.6 is 0 Å². The molecule has 0 radical (unpaired) electrons. The number of rotatable bonds is 3. The van der Waals surface area contributed by atoms with Crippen LogP contribution in [0.25, 0.3) is 11.3 Å². The summed E-state index contributed by atoms with van der Waals surface area (Å²) in [5.74, 6) is 0.357. The van der Waals surface area contributed by atoms with E-state index in [-0.39, 0.29) is 5.91 Å². The number of aromatic nitrogens is 2. The molecule has 0 unspecified atom stereocenters. The Bertz CT molecular complexity index is 916. The van der Waals surface area contributed by atoms with Crippen molar-refractivity contribution < 1.29 is 9.18 Å². The van der Waals surface area contributed by atoms with Gasteiger partial charge in [0.1, 0.15) is 11.6 Å². The number of fused-ring (bicyclic) bond motifs is 1. The van der Waals surface area contributed by atoms with E-state index >= 15 is 0 Å². The molecule has 2 aromatic carbocycles. The van der Waals surface area contributed by atoms with Crippen molar-refractivity contribution in [2.75, 3.05) is 5.32 Å². The average molecular weight is 321 g/mol. The van der Waals surface area contributed by atoms with Crippen LogP contribution < -0.4 is 5.32 Å². The van der Waals surface area contributed by atoms with E-state index in [1.54, 1.807) is 6.07 Å². The molecule has 1 aromatic heterocycles. The topological polar surface area (TPSA) is 46.9 Å². The van der Waals surface area contributed by atoms with E-state index in [1.165, 1.54) is 18.2 Å². The fraction of sp³-hybridized carbons (Fsp3) is 0.158. The first kappa shape index (κ1) is 14.6. The molecule has 1 aliphatic heterocycles. The predicted octanol–water partition coefficient (Wildman–Crippen LogP) is 3.89. The second-order valence-corrected chi connectivity index (χ2v) is 5.86. The van der Waals surface area contributed by atoms with Crippen molar-refractivity contribution in [2.45, 2.75) is 19.4 Å². The number of anilines is 1. The summed E-state index contributed by atoms with van der Waals surface area (Å²) < 4.78 is 15.5. The smallest absolute Gasteiger partial charge is 0.255 e. The van der Waals surface area contributed by atoms with Crippen molar-refractivity contribution in [3.05, 3.63) is 71.9 Å². The molecule has 0 spiro atoms. The van der Waals surface area contributed by atoms with Crippen molar-refractivity contribution >= 4 is 11.6 Å². The summed E-state index contributed by atoms with van der Waals surface area (Å²) in [5.41, 5.74) is 3.04. The summed E-state index contributed by atoms with van der Waals surface area (Å²) in [7, 11) is 0. The van der Waals surface area contributed by atoms with Crippen LogP contribution in [0.4, 0.5) is 10.1 Å². The highest BCUT2D eigenvalue weighted by atomic mass is 19.1. The van der Waals surface area contributed by atoms with Gasteiger partial charge in [0.2, 0.25) is 0 Å². The van der Waals surface area contributed by atoms with Gasteiger partial charge in [0.05, 0.1) is 11.9 Å². The summed E-state index contributed by atoms with van der Waals surface area (Å²) in [4.78, 5) is 16.7. The highest BCUT2D eigenvalue weighted by Crippen LogP contribution is 2.27. The number of imidazole rings is 1. The van der Waals surface area contributed by atoms with E-state index < -0.39 is 5.82 Å². The molecule has 2 heterocycles. The molecule has 1 N–H and O–H groups in total. The molecule has 0 bridgehead atoms. The number of carbonyl (C=O) groups is 1. The molecule has 0 saturated carbocycles. The van der Waals surface area contributed by atoms with Gasteiger partial charge in [-0.05, 0) is 36.8 Å². The predicted molar refractivity (Wildman–Crippen MR) is 90.3 cm³/mol. The number of carbonyl (C=O) groups excluding carboxylic acids is 1. The number of benzene rings is 2. The van der Waals surface area contributed by atoms with E-state index in [1.807, 2.05) is 30.5 Å². The second-order valence-electron chi connectivity index (χ2n) is 5.86. The molecule has 0 atom stereocenters. The summed E-state index contributed by atoms with van der Waals surface area (Å²) in [6.45, 7) is 0.977. The summed E-state index contributed by atoms with van der Waals surface area (Å²) in [6.07, 6.45) is 4.00. The standard InChI is InChI=1S/C19H16FN3O/c20-15-6-1-5-14(10-15)19(24)22-16-7-2-4-13(11-16)17-12-21-18-8-3-9-23(17)18/h1-2,4-7,10-12H,3,8-9H2,(H,22,24). The molecule has 0 saturated heterocycles. The molecular weight excluding hydrogens is 305 g/mol. The van der Waals surface area contributed by atoms with Crippen LogP contribution in [0.15, 0.2) is 54.7 Å². The third kappa shape index (κ3) is 2.69. The van der Waals surface area contributed by atoms with E-state index in [4.69, 9.17) is 0 Å². The first-order valence-corrected chi connectivity index (χ1v) is 7.92. The van der Waals surface area contributed by atoms with Gasteiger partial charge in [0.25, 0.3) is 5.91 Å². The molecule has 24 heavy (non-hydrogen) atoms. The Morgan fingerprint density at radius 1 is 1.17 bits per heavy atom. The first-order valence-electron chi connectivity index (χ1n) is 7.92. The number of halogens is 1. The Kier molecular flexibility index (Phi) is 3.61. The van der Waals surface area contributed by atoms with Crippen molar-refractivity contribution in [1.29, 1.82) is 0 Å². The highest BCUT2D eigenvalue weighted by molar-refractivity contribution is 6.04. The van der Waals surface area contributed by atoms with Crippen LogP contribution in [0.3, 0.4) is 0 Å². The number of nitrogens with one attached hydrogen (secondary N) is 1. The lowest BCUT2D eigenvalue weighted by molar-refractivity contribution is 0.102. The molecule has 1 aliphatic rings. The monoisotopic (exact) mass is 321 g/mol. The minimum atomic E-state index is -0.425. The minimum Gasteiger partial charge on any atom is -0.328 e. The van der Waals surface area contributed by atoms with Crippen LogP contribution in [-0.4, -0.2) is 15.5 Å². The number of hydrogen-bond donors (Lipinski definition) is 1. The Morgan fingerprint density at radius 3 is 2.92 bits per heavy atom. The van der Waals surface area contributed by atoms with Crippen LogP contribution in [0.5, 0.6) is 0 Å². The van der Waals surface area contributed by atoms with Crippen LogP contribution in [0.2, 0.25) is 0 Å². The maximum atomic E-state index is 13.3. The van der Waals surface area contributed by atoms with Crippen LogP contribution in [0, 0.1) is 5.82 Å². The fourth-order valence-corrected chi connectivity index (χ4v) is 3.08. The van der Waals surface area contributed by atoms with E-state index in [0.29, 0.717) is 11.3 Å². The zero-order valence-electron chi connectivity index (χ0n) is 13.0. The minimum absolute atomic E-state index is 0.297. The zero-order chi connectivity index (χ0) is 16.5. The van der Waals surface area contributed by atoms with Crippen LogP contribution in [0.1, 0.15) is 22.6 Å². The van der Waals surface area contributed by atoms with Gasteiger partial charge in [-0.15, -0.1) is 0 Å². The lowest BCUT2D eigenvalue weighted by Crippen LogP contribution is -2.12. The van der Waals surface area contributed by atoms with Crippen molar-refractivity contribution in [2.24, 2.45) is 0 Å². The molecule has 4 nitrogen and oxygen atoms in total. The Hall–Kier alpha value is -2.95. The van der Waals surface area contributed by atoms with Gasteiger partial charge in [-0.1, -0.05) is 18.2 Å². The lowest BCUT2D eigenvalue weighted by atomic mass is 10.1.